The fraction of sp³-hybridized carbons (Fsp3) is 0.647. The summed E-state index contributed by atoms with van der Waals surface area (Å²) < 4.78 is 0. The van der Waals surface area contributed by atoms with Crippen molar-refractivity contribution in [3.05, 3.63) is 23.9 Å². The van der Waals surface area contributed by atoms with Crippen molar-refractivity contribution in [3.8, 4) is 0 Å². The molecule has 0 bridgehead atoms. The van der Waals surface area contributed by atoms with E-state index in [1.54, 1.807) is 0 Å². The Morgan fingerprint density at radius 2 is 2.10 bits per heavy atom. The van der Waals surface area contributed by atoms with Crippen LogP contribution in [0.4, 0.5) is 5.82 Å². The second-order valence-electron chi connectivity index (χ2n) is 7.42. The van der Waals surface area contributed by atoms with Crippen LogP contribution >= 0.6 is 0 Å². The Morgan fingerprint density at radius 1 is 1.43 bits per heavy atom. The monoisotopic (exact) mass is 289 g/mol. The lowest BCUT2D eigenvalue weighted by atomic mass is 9.88. The molecule has 0 radical (unpaired) electrons. The molecular formula is C17H27N3O. The number of pyridine rings is 1. The summed E-state index contributed by atoms with van der Waals surface area (Å²) in [5.41, 5.74) is 1.39. The Balaban J connectivity index is 1.87. The van der Waals surface area contributed by atoms with E-state index in [4.69, 9.17) is 0 Å². The van der Waals surface area contributed by atoms with Crippen molar-refractivity contribution in [2.75, 3.05) is 18.4 Å². The highest BCUT2D eigenvalue weighted by molar-refractivity contribution is 5.77. The van der Waals surface area contributed by atoms with Gasteiger partial charge in [-0.2, -0.15) is 0 Å². The Hall–Kier alpha value is -1.58. The van der Waals surface area contributed by atoms with Crippen LogP contribution in [0, 0.1) is 5.92 Å². The fourth-order valence-electron chi connectivity index (χ4n) is 2.44. The first-order valence-corrected chi connectivity index (χ1v) is 7.76. The molecule has 4 heteroatoms. The Morgan fingerprint density at radius 3 is 2.67 bits per heavy atom. The number of hydrogen-bond acceptors (Lipinski definition) is 3. The Labute approximate surface area is 127 Å². The van der Waals surface area contributed by atoms with Gasteiger partial charge in [0.1, 0.15) is 5.82 Å². The van der Waals surface area contributed by atoms with Crippen molar-refractivity contribution in [1.29, 1.82) is 0 Å². The van der Waals surface area contributed by atoms with E-state index in [9.17, 15) is 4.79 Å². The molecule has 116 valence electrons. The quantitative estimate of drug-likeness (QED) is 0.926. The summed E-state index contributed by atoms with van der Waals surface area (Å²) in [6.07, 6.45) is 2.49. The van der Waals surface area contributed by atoms with Crippen LogP contribution in [0.1, 0.15) is 46.6 Å². The van der Waals surface area contributed by atoms with Crippen LogP contribution in [-0.4, -0.2) is 34.9 Å². The molecule has 4 nitrogen and oxygen atoms in total. The molecular weight excluding hydrogens is 262 g/mol. The van der Waals surface area contributed by atoms with Crippen molar-refractivity contribution in [3.63, 3.8) is 0 Å². The molecule has 1 saturated heterocycles. The molecule has 1 aliphatic heterocycles. The zero-order valence-corrected chi connectivity index (χ0v) is 13.8. The van der Waals surface area contributed by atoms with Gasteiger partial charge in [0, 0.05) is 25.7 Å². The van der Waals surface area contributed by atoms with Crippen LogP contribution in [0.5, 0.6) is 0 Å². The van der Waals surface area contributed by atoms with Gasteiger partial charge < -0.3 is 10.2 Å². The van der Waals surface area contributed by atoms with Crippen molar-refractivity contribution >= 4 is 11.7 Å². The van der Waals surface area contributed by atoms with E-state index in [1.165, 1.54) is 5.56 Å². The van der Waals surface area contributed by atoms with Gasteiger partial charge in [-0.05, 0) is 29.0 Å². The first-order valence-electron chi connectivity index (χ1n) is 7.76. The lowest BCUT2D eigenvalue weighted by Gasteiger charge is -2.40. The zero-order chi connectivity index (χ0) is 15.6. The maximum Gasteiger partial charge on any atom is 0.222 e. The lowest BCUT2D eigenvalue weighted by Crippen LogP contribution is -2.57. The van der Waals surface area contributed by atoms with E-state index >= 15 is 0 Å². The highest BCUT2D eigenvalue weighted by Gasteiger charge is 2.30. The molecule has 0 atom stereocenters. The van der Waals surface area contributed by atoms with Crippen LogP contribution in [0.15, 0.2) is 18.3 Å². The van der Waals surface area contributed by atoms with Gasteiger partial charge in [0.05, 0.1) is 6.04 Å². The minimum Gasteiger partial charge on any atom is -0.364 e. The summed E-state index contributed by atoms with van der Waals surface area (Å²) in [5, 5.41) is 3.42. The van der Waals surface area contributed by atoms with Crippen LogP contribution in [0.3, 0.4) is 0 Å². The molecule has 1 amide bonds. The van der Waals surface area contributed by atoms with Gasteiger partial charge in [-0.3, -0.25) is 4.79 Å². The number of nitrogens with one attached hydrogen (secondary N) is 1. The van der Waals surface area contributed by atoms with Crippen molar-refractivity contribution in [2.24, 2.45) is 5.92 Å². The van der Waals surface area contributed by atoms with Crippen molar-refractivity contribution in [1.82, 2.24) is 9.88 Å². The maximum atomic E-state index is 11.9. The topological polar surface area (TPSA) is 45.2 Å². The molecule has 0 aromatic carbocycles. The van der Waals surface area contributed by atoms with E-state index in [-0.39, 0.29) is 11.3 Å². The second-order valence-corrected chi connectivity index (χ2v) is 7.42. The number of carbonyl (C=O) groups excluding carboxylic acids is 1. The molecule has 0 aliphatic carbocycles. The summed E-state index contributed by atoms with van der Waals surface area (Å²) in [5.74, 6) is 1.59. The van der Waals surface area contributed by atoms with E-state index in [0.717, 1.165) is 18.9 Å². The molecule has 21 heavy (non-hydrogen) atoms. The van der Waals surface area contributed by atoms with Gasteiger partial charge in [0.2, 0.25) is 5.91 Å². The normalized spacial score (nSPS) is 16.0. The number of likely N-dealkylation sites (tertiary alicyclic amines) is 1. The Kier molecular flexibility index (Phi) is 4.55. The smallest absolute Gasteiger partial charge is 0.222 e. The van der Waals surface area contributed by atoms with Crippen LogP contribution in [-0.2, 0) is 10.2 Å². The molecule has 1 aromatic heterocycles. The molecule has 2 heterocycles. The van der Waals surface area contributed by atoms with Gasteiger partial charge >= 0.3 is 0 Å². The number of anilines is 1. The number of aromatic nitrogens is 1. The zero-order valence-electron chi connectivity index (χ0n) is 13.8. The average molecular weight is 289 g/mol. The van der Waals surface area contributed by atoms with Gasteiger partial charge in [-0.1, -0.05) is 34.6 Å². The number of nitrogens with zero attached hydrogens (tertiary/aromatic N) is 2. The molecule has 2 rings (SSSR count). The molecule has 1 fully saturated rings. The van der Waals surface area contributed by atoms with Gasteiger partial charge in [-0.25, -0.2) is 4.98 Å². The number of carbonyl (C=O) groups is 1. The first kappa shape index (κ1) is 15.8. The van der Waals surface area contributed by atoms with Gasteiger partial charge in [0.25, 0.3) is 0 Å². The lowest BCUT2D eigenvalue weighted by molar-refractivity contribution is -0.135. The molecule has 0 spiro atoms. The first-order chi connectivity index (χ1) is 9.75. The molecule has 1 N–H and O–H groups in total. The third-order valence-electron chi connectivity index (χ3n) is 3.80. The van der Waals surface area contributed by atoms with Crippen LogP contribution < -0.4 is 5.32 Å². The minimum absolute atomic E-state index is 0.123. The summed E-state index contributed by atoms with van der Waals surface area (Å²) >= 11 is 0. The SMILES string of the molecule is CC(C)CC(=O)N1CC(Nc2cc(C(C)(C)C)ccn2)C1. The van der Waals surface area contributed by atoms with E-state index < -0.39 is 0 Å². The summed E-state index contributed by atoms with van der Waals surface area (Å²) in [4.78, 5) is 18.2. The summed E-state index contributed by atoms with van der Waals surface area (Å²) in [7, 11) is 0. The predicted molar refractivity (Wildman–Crippen MR) is 86.4 cm³/mol. The fourth-order valence-corrected chi connectivity index (χ4v) is 2.44. The highest BCUT2D eigenvalue weighted by Crippen LogP contribution is 2.24. The van der Waals surface area contributed by atoms with Gasteiger partial charge in [-0.15, -0.1) is 0 Å². The largest absolute Gasteiger partial charge is 0.364 e. The second kappa shape index (κ2) is 6.04. The average Bonchev–Trinajstić information content (AvgIpc) is 2.31. The summed E-state index contributed by atoms with van der Waals surface area (Å²) in [6, 6.07) is 4.49. The Bertz CT molecular complexity index is 499. The number of amides is 1. The van der Waals surface area contributed by atoms with E-state index in [2.05, 4.69) is 57.1 Å². The molecule has 1 aliphatic rings. The molecule has 0 saturated carbocycles. The highest BCUT2D eigenvalue weighted by atomic mass is 16.2. The third-order valence-corrected chi connectivity index (χ3v) is 3.80. The molecule has 1 aromatic rings. The maximum absolute atomic E-state index is 11.9. The number of hydrogen-bond donors (Lipinski definition) is 1. The van der Waals surface area contributed by atoms with Gasteiger partial charge in [0.15, 0.2) is 0 Å². The molecule has 0 unspecified atom stereocenters. The van der Waals surface area contributed by atoms with Crippen LogP contribution in [0.2, 0.25) is 0 Å². The van der Waals surface area contributed by atoms with Crippen molar-refractivity contribution in [2.45, 2.75) is 52.5 Å². The predicted octanol–water partition coefficient (Wildman–Crippen LogP) is 3.05. The minimum atomic E-state index is 0.123. The van der Waals surface area contributed by atoms with E-state index in [0.29, 0.717) is 18.4 Å². The standard InChI is InChI=1S/C17H27N3O/c1-12(2)8-16(21)20-10-14(11-20)19-15-9-13(6-7-18-15)17(3,4)5/h6-7,9,12,14H,8,10-11H2,1-5H3,(H,18,19). The third kappa shape index (κ3) is 4.19. The van der Waals surface area contributed by atoms with E-state index in [1.807, 2.05) is 11.1 Å². The van der Waals surface area contributed by atoms with Crippen molar-refractivity contribution < 1.29 is 4.79 Å². The van der Waals surface area contributed by atoms with Crippen LogP contribution in [0.25, 0.3) is 0 Å². The number of rotatable bonds is 4. The summed E-state index contributed by atoms with van der Waals surface area (Å²) in [6.45, 7) is 12.3.